The minimum Gasteiger partial charge on any atom is -0.494 e. The van der Waals surface area contributed by atoms with Gasteiger partial charge in [-0.1, -0.05) is 0 Å². The summed E-state index contributed by atoms with van der Waals surface area (Å²) < 4.78 is 31.6. The fraction of sp³-hybridized carbons (Fsp3) is 0.500. The highest BCUT2D eigenvalue weighted by Gasteiger charge is 2.10. The van der Waals surface area contributed by atoms with E-state index in [1.54, 1.807) is 0 Å². The minimum atomic E-state index is -0.561. The van der Waals surface area contributed by atoms with Gasteiger partial charge in [0.1, 0.15) is 5.82 Å². The zero-order valence-corrected chi connectivity index (χ0v) is 10.0. The van der Waals surface area contributed by atoms with E-state index in [4.69, 9.17) is 5.11 Å². The molecule has 0 saturated carbocycles. The van der Waals surface area contributed by atoms with Gasteiger partial charge in [-0.15, -0.1) is 0 Å². The van der Waals surface area contributed by atoms with Crippen molar-refractivity contribution in [1.29, 1.82) is 0 Å². The Bertz CT molecular complexity index is 372. The number of likely N-dealkylation sites (N-methyl/N-ethyl adjacent to an activating group) is 1. The van der Waals surface area contributed by atoms with Gasteiger partial charge in [-0.3, -0.25) is 0 Å². The second kappa shape index (κ2) is 6.51. The predicted molar refractivity (Wildman–Crippen MR) is 61.2 cm³/mol. The Hall–Kier alpha value is -1.20. The van der Waals surface area contributed by atoms with Crippen molar-refractivity contribution in [3.8, 4) is 5.75 Å². The number of rotatable bonds is 6. The Labute approximate surface area is 99.6 Å². The molecule has 0 aliphatic rings. The second-order valence-corrected chi connectivity index (χ2v) is 3.86. The van der Waals surface area contributed by atoms with Crippen LogP contribution < -0.4 is 4.74 Å². The molecule has 0 saturated heterocycles. The van der Waals surface area contributed by atoms with Crippen molar-refractivity contribution in [3.05, 3.63) is 29.3 Å². The minimum absolute atomic E-state index is 0.0515. The van der Waals surface area contributed by atoms with E-state index in [-0.39, 0.29) is 12.4 Å². The van der Waals surface area contributed by atoms with Crippen LogP contribution in [-0.4, -0.2) is 43.9 Å². The first-order chi connectivity index (χ1) is 8.08. The van der Waals surface area contributed by atoms with E-state index < -0.39 is 11.6 Å². The van der Waals surface area contributed by atoms with E-state index in [0.717, 1.165) is 12.1 Å². The van der Waals surface area contributed by atoms with E-state index in [1.165, 1.54) is 7.11 Å². The Morgan fingerprint density at radius 3 is 2.53 bits per heavy atom. The molecular formula is C12H17F2NO2. The van der Waals surface area contributed by atoms with Crippen LogP contribution in [-0.2, 0) is 6.42 Å². The first-order valence-electron chi connectivity index (χ1n) is 5.39. The molecule has 3 nitrogen and oxygen atoms in total. The first-order valence-corrected chi connectivity index (χ1v) is 5.39. The molecule has 1 rings (SSSR count). The average Bonchev–Trinajstić information content (AvgIpc) is 2.30. The van der Waals surface area contributed by atoms with Crippen LogP contribution >= 0.6 is 0 Å². The molecule has 5 heteroatoms. The van der Waals surface area contributed by atoms with Gasteiger partial charge < -0.3 is 14.7 Å². The van der Waals surface area contributed by atoms with Crippen molar-refractivity contribution in [3.63, 3.8) is 0 Å². The Kier molecular flexibility index (Phi) is 5.31. The molecule has 1 N–H and O–H groups in total. The highest BCUT2D eigenvalue weighted by Crippen LogP contribution is 2.21. The summed E-state index contributed by atoms with van der Waals surface area (Å²) in [4.78, 5) is 1.85. The number of methoxy groups -OCH3 is 1. The number of ether oxygens (including phenoxy) is 1. The molecule has 1 aromatic rings. The van der Waals surface area contributed by atoms with Crippen LogP contribution in [0.15, 0.2) is 12.1 Å². The molecule has 0 atom stereocenters. The monoisotopic (exact) mass is 245 g/mol. The molecule has 0 spiro atoms. The van der Waals surface area contributed by atoms with E-state index in [0.29, 0.717) is 25.1 Å². The molecule has 0 aromatic heterocycles. The summed E-state index contributed by atoms with van der Waals surface area (Å²) in [5.74, 6) is -1.12. The zero-order valence-electron chi connectivity index (χ0n) is 10.0. The molecule has 1 aromatic carbocycles. The number of benzene rings is 1. The first kappa shape index (κ1) is 13.9. The van der Waals surface area contributed by atoms with Crippen LogP contribution in [0, 0.1) is 11.6 Å². The maximum absolute atomic E-state index is 13.5. The molecule has 0 unspecified atom stereocenters. The van der Waals surface area contributed by atoms with Crippen molar-refractivity contribution < 1.29 is 18.6 Å². The van der Waals surface area contributed by atoms with Gasteiger partial charge in [0.25, 0.3) is 0 Å². The SMILES string of the molecule is COc1cc(F)c(CCN(C)CCO)cc1F. The molecule has 0 aliphatic carbocycles. The fourth-order valence-corrected chi connectivity index (χ4v) is 1.51. The standard InChI is InChI=1S/C12H17F2NO2/c1-15(5-6-16)4-3-9-7-11(14)12(17-2)8-10(9)13/h7-8,16H,3-6H2,1-2H3. The Morgan fingerprint density at radius 1 is 1.24 bits per heavy atom. The highest BCUT2D eigenvalue weighted by molar-refractivity contribution is 5.31. The van der Waals surface area contributed by atoms with Crippen molar-refractivity contribution in [2.75, 3.05) is 33.9 Å². The van der Waals surface area contributed by atoms with Gasteiger partial charge >= 0.3 is 0 Å². The van der Waals surface area contributed by atoms with Gasteiger partial charge in [-0.2, -0.15) is 0 Å². The van der Waals surface area contributed by atoms with Crippen LogP contribution in [0.1, 0.15) is 5.56 Å². The Balaban J connectivity index is 2.68. The third-order valence-corrected chi connectivity index (χ3v) is 2.57. The third-order valence-electron chi connectivity index (χ3n) is 2.57. The summed E-state index contributed by atoms with van der Waals surface area (Å²) in [5, 5.41) is 8.71. The van der Waals surface area contributed by atoms with Crippen LogP contribution in [0.4, 0.5) is 8.78 Å². The van der Waals surface area contributed by atoms with E-state index in [2.05, 4.69) is 4.74 Å². The quantitative estimate of drug-likeness (QED) is 0.823. The summed E-state index contributed by atoms with van der Waals surface area (Å²) in [5.41, 5.74) is 0.313. The lowest BCUT2D eigenvalue weighted by Gasteiger charge is -2.15. The van der Waals surface area contributed by atoms with Gasteiger partial charge in [0.2, 0.25) is 0 Å². The van der Waals surface area contributed by atoms with Crippen LogP contribution in [0.5, 0.6) is 5.75 Å². The number of hydrogen-bond acceptors (Lipinski definition) is 3. The molecule has 17 heavy (non-hydrogen) atoms. The smallest absolute Gasteiger partial charge is 0.165 e. The molecule has 0 amide bonds. The zero-order chi connectivity index (χ0) is 12.8. The van der Waals surface area contributed by atoms with Crippen LogP contribution in [0.3, 0.4) is 0 Å². The third kappa shape index (κ3) is 3.94. The molecule has 0 heterocycles. The molecule has 0 radical (unpaired) electrons. The molecule has 0 bridgehead atoms. The topological polar surface area (TPSA) is 32.7 Å². The van der Waals surface area contributed by atoms with Crippen molar-refractivity contribution in [2.24, 2.45) is 0 Å². The predicted octanol–water partition coefficient (Wildman–Crippen LogP) is 1.44. The van der Waals surface area contributed by atoms with Gasteiger partial charge in [-0.25, -0.2) is 8.78 Å². The van der Waals surface area contributed by atoms with Gasteiger partial charge in [0.05, 0.1) is 13.7 Å². The molecular weight excluding hydrogens is 228 g/mol. The van der Waals surface area contributed by atoms with Gasteiger partial charge in [0, 0.05) is 19.2 Å². The largest absolute Gasteiger partial charge is 0.494 e. The van der Waals surface area contributed by atoms with Crippen molar-refractivity contribution >= 4 is 0 Å². The number of nitrogens with zero attached hydrogens (tertiary/aromatic N) is 1. The maximum Gasteiger partial charge on any atom is 0.165 e. The van der Waals surface area contributed by atoms with Crippen molar-refractivity contribution in [2.45, 2.75) is 6.42 Å². The maximum atomic E-state index is 13.5. The summed E-state index contributed by atoms with van der Waals surface area (Å²) in [6.07, 6.45) is 0.392. The summed E-state index contributed by atoms with van der Waals surface area (Å²) >= 11 is 0. The number of aliphatic hydroxyl groups excluding tert-OH is 1. The summed E-state index contributed by atoms with van der Waals surface area (Å²) in [6.45, 7) is 1.12. The fourth-order valence-electron chi connectivity index (χ4n) is 1.51. The molecule has 0 fully saturated rings. The number of halogens is 2. The van der Waals surface area contributed by atoms with E-state index >= 15 is 0 Å². The van der Waals surface area contributed by atoms with E-state index in [9.17, 15) is 8.78 Å². The number of aliphatic hydroxyl groups is 1. The highest BCUT2D eigenvalue weighted by atomic mass is 19.1. The average molecular weight is 245 g/mol. The second-order valence-electron chi connectivity index (χ2n) is 3.86. The number of hydrogen-bond donors (Lipinski definition) is 1. The van der Waals surface area contributed by atoms with Gasteiger partial charge in [-0.05, 0) is 25.1 Å². The van der Waals surface area contributed by atoms with E-state index in [1.807, 2.05) is 11.9 Å². The molecule has 0 aliphatic heterocycles. The lowest BCUT2D eigenvalue weighted by Crippen LogP contribution is -2.24. The van der Waals surface area contributed by atoms with Gasteiger partial charge in [0.15, 0.2) is 11.6 Å². The normalized spacial score (nSPS) is 10.9. The van der Waals surface area contributed by atoms with Crippen LogP contribution in [0.25, 0.3) is 0 Å². The summed E-state index contributed by atoms with van der Waals surface area (Å²) in [7, 11) is 3.11. The molecule has 96 valence electrons. The Morgan fingerprint density at radius 2 is 1.94 bits per heavy atom. The van der Waals surface area contributed by atoms with Crippen LogP contribution in [0.2, 0.25) is 0 Å². The summed E-state index contributed by atoms with van der Waals surface area (Å²) in [6, 6.07) is 2.21. The van der Waals surface area contributed by atoms with Crippen molar-refractivity contribution in [1.82, 2.24) is 4.90 Å². The lowest BCUT2D eigenvalue weighted by atomic mass is 10.1. The lowest BCUT2D eigenvalue weighted by molar-refractivity contribution is 0.222.